The smallest absolute Gasteiger partial charge is 0.335 e. The van der Waals surface area contributed by atoms with Crippen molar-refractivity contribution in [3.8, 4) is 0 Å². The first-order valence-electron chi connectivity index (χ1n) is 2.69. The molecule has 54 valence electrons. The van der Waals surface area contributed by atoms with Crippen molar-refractivity contribution in [3.63, 3.8) is 0 Å². The molecule has 1 N–H and O–H groups in total. The molecule has 0 aliphatic carbocycles. The minimum atomic E-state index is -1.01. The van der Waals surface area contributed by atoms with E-state index in [9.17, 15) is 4.79 Å². The zero-order valence-corrected chi connectivity index (χ0v) is 5.74. The number of hydrogen-bond donors (Lipinski definition) is 1. The van der Waals surface area contributed by atoms with Crippen LogP contribution in [0, 0.1) is 0 Å². The van der Waals surface area contributed by atoms with Gasteiger partial charge in [0.05, 0.1) is 5.57 Å². The number of rotatable bonds is 3. The van der Waals surface area contributed by atoms with Gasteiger partial charge in [-0.2, -0.15) is 0 Å². The van der Waals surface area contributed by atoms with Gasteiger partial charge in [-0.25, -0.2) is 4.79 Å². The molecule has 0 rings (SSSR count). The molecule has 0 saturated carbocycles. The second-order valence-electron chi connectivity index (χ2n) is 1.60. The number of carboxylic acids is 1. The van der Waals surface area contributed by atoms with Gasteiger partial charge in [0.25, 0.3) is 0 Å². The fourth-order valence-corrected chi connectivity index (χ4v) is 0.317. The van der Waals surface area contributed by atoms with E-state index in [1.807, 2.05) is 0 Å². The van der Waals surface area contributed by atoms with E-state index in [4.69, 9.17) is 5.11 Å². The molecule has 0 heterocycles. The molecule has 0 bridgehead atoms. The van der Waals surface area contributed by atoms with Crippen LogP contribution in [0.15, 0.2) is 29.3 Å². The van der Waals surface area contributed by atoms with Gasteiger partial charge in [-0.15, -0.1) is 0 Å². The van der Waals surface area contributed by atoms with Crippen LogP contribution in [0.2, 0.25) is 0 Å². The third-order valence-corrected chi connectivity index (χ3v) is 0.807. The van der Waals surface area contributed by atoms with E-state index < -0.39 is 5.97 Å². The molecule has 0 unspecified atom stereocenters. The Bertz CT molecular complexity index is 192. The molecule has 0 aromatic heterocycles. The molecule has 0 fully saturated rings. The number of aliphatic imine (C=N–C) groups is 1. The van der Waals surface area contributed by atoms with Crippen molar-refractivity contribution < 1.29 is 9.90 Å². The van der Waals surface area contributed by atoms with Gasteiger partial charge in [-0.05, 0) is 12.2 Å². The van der Waals surface area contributed by atoms with Crippen LogP contribution < -0.4 is 0 Å². The van der Waals surface area contributed by atoms with Gasteiger partial charge in [0, 0.05) is 13.3 Å². The Morgan fingerprint density at radius 3 is 2.70 bits per heavy atom. The fraction of sp³-hybridized carbons (Fsp3) is 0.143. The van der Waals surface area contributed by atoms with Gasteiger partial charge in [-0.1, -0.05) is 6.58 Å². The highest BCUT2D eigenvalue weighted by Gasteiger charge is 1.95. The first-order valence-corrected chi connectivity index (χ1v) is 2.69. The molecule has 10 heavy (non-hydrogen) atoms. The maximum atomic E-state index is 10.1. The SMILES string of the molecule is C=C(/C=C\C=N/C)C(=O)O. The predicted molar refractivity (Wildman–Crippen MR) is 40.3 cm³/mol. The van der Waals surface area contributed by atoms with E-state index in [1.165, 1.54) is 18.4 Å². The zero-order valence-electron chi connectivity index (χ0n) is 5.74. The summed E-state index contributed by atoms with van der Waals surface area (Å²) < 4.78 is 0. The average molecular weight is 139 g/mol. The Morgan fingerprint density at radius 2 is 2.30 bits per heavy atom. The Balaban J connectivity index is 3.90. The molecule has 0 spiro atoms. The molecule has 0 amide bonds. The molecular weight excluding hydrogens is 130 g/mol. The fourth-order valence-electron chi connectivity index (χ4n) is 0.317. The van der Waals surface area contributed by atoms with Gasteiger partial charge in [0.1, 0.15) is 0 Å². The number of carboxylic acid groups (broad SMARTS) is 1. The summed E-state index contributed by atoms with van der Waals surface area (Å²) in [7, 11) is 1.61. The lowest BCUT2D eigenvalue weighted by molar-refractivity contribution is -0.132. The van der Waals surface area contributed by atoms with Crippen LogP contribution in [0.25, 0.3) is 0 Å². The Morgan fingerprint density at radius 1 is 1.70 bits per heavy atom. The van der Waals surface area contributed by atoms with E-state index in [0.717, 1.165) is 0 Å². The van der Waals surface area contributed by atoms with Crippen molar-refractivity contribution >= 4 is 12.2 Å². The maximum absolute atomic E-state index is 10.1. The molecular formula is C7H9NO2. The molecule has 3 nitrogen and oxygen atoms in total. The molecule has 0 aromatic rings. The van der Waals surface area contributed by atoms with Crippen molar-refractivity contribution in [2.45, 2.75) is 0 Å². The van der Waals surface area contributed by atoms with Gasteiger partial charge in [0.15, 0.2) is 0 Å². The summed E-state index contributed by atoms with van der Waals surface area (Å²) in [4.78, 5) is 13.7. The van der Waals surface area contributed by atoms with Gasteiger partial charge >= 0.3 is 5.97 Å². The molecule has 0 saturated heterocycles. The van der Waals surface area contributed by atoms with Crippen molar-refractivity contribution in [1.29, 1.82) is 0 Å². The highest BCUT2D eigenvalue weighted by molar-refractivity contribution is 5.90. The van der Waals surface area contributed by atoms with E-state index in [2.05, 4.69) is 11.6 Å². The predicted octanol–water partition coefficient (Wildman–Crippen LogP) is 0.884. The van der Waals surface area contributed by atoms with Crippen LogP contribution in [0.5, 0.6) is 0 Å². The van der Waals surface area contributed by atoms with Crippen LogP contribution >= 0.6 is 0 Å². The summed E-state index contributed by atoms with van der Waals surface area (Å²) in [6, 6.07) is 0. The summed E-state index contributed by atoms with van der Waals surface area (Å²) in [6.07, 6.45) is 4.40. The summed E-state index contributed by atoms with van der Waals surface area (Å²) in [5.41, 5.74) is 0.0555. The monoisotopic (exact) mass is 139 g/mol. The van der Waals surface area contributed by atoms with Crippen molar-refractivity contribution in [1.82, 2.24) is 0 Å². The molecule has 0 aliphatic heterocycles. The van der Waals surface area contributed by atoms with E-state index in [0.29, 0.717) is 0 Å². The second-order valence-corrected chi connectivity index (χ2v) is 1.60. The van der Waals surface area contributed by atoms with E-state index >= 15 is 0 Å². The topological polar surface area (TPSA) is 49.7 Å². The Labute approximate surface area is 59.4 Å². The van der Waals surface area contributed by atoms with Crippen molar-refractivity contribution in [2.24, 2.45) is 4.99 Å². The second kappa shape index (κ2) is 4.49. The number of allylic oxidation sites excluding steroid dienone is 1. The van der Waals surface area contributed by atoms with Crippen LogP contribution in [-0.4, -0.2) is 24.3 Å². The molecule has 0 radical (unpaired) electrons. The van der Waals surface area contributed by atoms with Gasteiger partial charge in [-0.3, -0.25) is 4.99 Å². The lowest BCUT2D eigenvalue weighted by atomic mass is 10.3. The molecule has 3 heteroatoms. The van der Waals surface area contributed by atoms with Crippen LogP contribution in [0.1, 0.15) is 0 Å². The van der Waals surface area contributed by atoms with Gasteiger partial charge in [0.2, 0.25) is 0 Å². The van der Waals surface area contributed by atoms with Crippen LogP contribution in [-0.2, 0) is 4.79 Å². The molecule has 0 aliphatic rings. The van der Waals surface area contributed by atoms with Gasteiger partial charge < -0.3 is 5.11 Å². The third-order valence-electron chi connectivity index (χ3n) is 0.807. The molecule has 0 aromatic carbocycles. The maximum Gasteiger partial charge on any atom is 0.335 e. The Hall–Kier alpha value is -1.38. The lowest BCUT2D eigenvalue weighted by Crippen LogP contribution is -1.94. The van der Waals surface area contributed by atoms with E-state index in [-0.39, 0.29) is 5.57 Å². The highest BCUT2D eigenvalue weighted by Crippen LogP contribution is 1.89. The number of aliphatic carboxylic acids is 1. The van der Waals surface area contributed by atoms with E-state index in [1.54, 1.807) is 7.05 Å². The minimum Gasteiger partial charge on any atom is -0.478 e. The lowest BCUT2D eigenvalue weighted by Gasteiger charge is -1.85. The summed E-state index contributed by atoms with van der Waals surface area (Å²) in [5.74, 6) is -1.01. The quantitative estimate of drug-likeness (QED) is 0.358. The largest absolute Gasteiger partial charge is 0.478 e. The number of hydrogen-bond acceptors (Lipinski definition) is 2. The van der Waals surface area contributed by atoms with Crippen molar-refractivity contribution in [2.75, 3.05) is 7.05 Å². The zero-order chi connectivity index (χ0) is 7.98. The third kappa shape index (κ3) is 3.60. The summed E-state index contributed by atoms with van der Waals surface area (Å²) in [6.45, 7) is 3.28. The average Bonchev–Trinajstić information content (AvgIpc) is 1.88. The normalized spacial score (nSPS) is 10.9. The van der Waals surface area contributed by atoms with Crippen LogP contribution in [0.4, 0.5) is 0 Å². The van der Waals surface area contributed by atoms with Crippen LogP contribution in [0.3, 0.4) is 0 Å². The highest BCUT2D eigenvalue weighted by atomic mass is 16.4. The van der Waals surface area contributed by atoms with Crippen molar-refractivity contribution in [3.05, 3.63) is 24.3 Å². The number of nitrogens with zero attached hydrogens (tertiary/aromatic N) is 1. The Kier molecular flexibility index (Phi) is 3.87. The molecule has 0 atom stereocenters. The standard InChI is InChI=1S/C7H9NO2/c1-6(7(9)10)4-3-5-8-2/h3-5H,1H2,2H3,(H,9,10)/b4-3-,8-5-. The number of carbonyl (C=O) groups is 1. The summed E-state index contributed by atoms with van der Waals surface area (Å²) in [5, 5.41) is 8.29. The summed E-state index contributed by atoms with van der Waals surface area (Å²) >= 11 is 0. The first kappa shape index (κ1) is 8.62. The minimum absolute atomic E-state index is 0.0555. The first-order chi connectivity index (χ1) is 4.68.